The molecular weight excluding hydrogens is 313 g/mol. The van der Waals surface area contributed by atoms with Crippen LogP contribution in [0.4, 0.5) is 4.39 Å². The number of halogens is 2. The van der Waals surface area contributed by atoms with E-state index in [1.165, 1.54) is 0 Å². The molecule has 0 amide bonds. The molecule has 19 heavy (non-hydrogen) atoms. The molecule has 96 valence electrons. The molecule has 0 bridgehead atoms. The van der Waals surface area contributed by atoms with Gasteiger partial charge < -0.3 is 9.72 Å². The Kier molecular flexibility index (Phi) is 3.16. The smallest absolute Gasteiger partial charge is 0.290 e. The summed E-state index contributed by atoms with van der Waals surface area (Å²) in [4.78, 5) is 10.4. The van der Waals surface area contributed by atoms with Crippen LogP contribution < -0.4 is 4.74 Å². The van der Waals surface area contributed by atoms with Crippen LogP contribution >= 0.6 is 15.9 Å². The molecule has 6 heteroatoms. The van der Waals surface area contributed by atoms with E-state index in [0.717, 1.165) is 5.56 Å². The van der Waals surface area contributed by atoms with Crippen molar-refractivity contribution in [3.8, 4) is 17.3 Å². The molecule has 0 saturated carbocycles. The number of ether oxygens (including phenoxy) is 1. The largest absolute Gasteiger partial charge is 0.471 e. The Morgan fingerprint density at radius 3 is 2.84 bits per heavy atom. The second-order valence-electron chi connectivity index (χ2n) is 3.94. The first-order chi connectivity index (χ1) is 9.24. The summed E-state index contributed by atoms with van der Waals surface area (Å²) in [6.07, 6.45) is 0.877. The number of fused-ring (bicyclic) bond motifs is 1. The van der Waals surface area contributed by atoms with E-state index in [1.807, 2.05) is 30.3 Å². The number of hydrogen-bond donors (Lipinski definition) is 1. The molecule has 4 nitrogen and oxygen atoms in total. The first-order valence-electron chi connectivity index (χ1n) is 5.60. The third kappa shape index (κ3) is 2.44. The van der Waals surface area contributed by atoms with Gasteiger partial charge in [0.15, 0.2) is 0 Å². The third-order valence-corrected chi connectivity index (χ3v) is 3.23. The molecule has 0 aromatic heterocycles. The van der Waals surface area contributed by atoms with Gasteiger partial charge in [-0.05, 0) is 21.5 Å². The molecular formula is C13H9BrFN3O. The second kappa shape index (κ2) is 4.97. The normalized spacial score (nSPS) is 10.8. The molecule has 1 aromatic carbocycles. The Morgan fingerprint density at radius 1 is 1.26 bits per heavy atom. The molecule has 3 rings (SSSR count). The summed E-state index contributed by atoms with van der Waals surface area (Å²) < 4.78 is 19.6. The van der Waals surface area contributed by atoms with Crippen LogP contribution in [-0.4, -0.2) is 15.0 Å². The second-order valence-corrected chi connectivity index (χ2v) is 4.79. The molecule has 0 aliphatic carbocycles. The van der Waals surface area contributed by atoms with Crippen LogP contribution in [0.1, 0.15) is 5.56 Å². The monoisotopic (exact) mass is 321 g/mol. The summed E-state index contributed by atoms with van der Waals surface area (Å²) in [7, 11) is 0. The highest BCUT2D eigenvalue weighted by Gasteiger charge is 2.19. The minimum absolute atomic E-state index is 0.181. The van der Waals surface area contributed by atoms with Gasteiger partial charge in [0.1, 0.15) is 12.3 Å². The molecule has 1 aromatic rings. The van der Waals surface area contributed by atoms with Crippen LogP contribution in [-0.2, 0) is 6.61 Å². The number of benzene rings is 1. The van der Waals surface area contributed by atoms with Crippen LogP contribution in [0.2, 0.25) is 0 Å². The third-order valence-electron chi connectivity index (χ3n) is 2.63. The lowest BCUT2D eigenvalue weighted by atomic mass is 10.2. The van der Waals surface area contributed by atoms with Crippen LogP contribution in [0.15, 0.2) is 41.0 Å². The van der Waals surface area contributed by atoms with E-state index in [4.69, 9.17) is 4.74 Å². The number of rotatable bonds is 3. The number of aromatic nitrogens is 3. The number of nitrogens with zero attached hydrogens (tertiary/aromatic N) is 2. The molecule has 1 N–H and O–H groups in total. The van der Waals surface area contributed by atoms with E-state index >= 15 is 0 Å². The number of hydrogen-bond acceptors (Lipinski definition) is 3. The molecule has 0 saturated heterocycles. The van der Waals surface area contributed by atoms with Crippen LogP contribution in [0, 0.1) is 6.08 Å². The highest BCUT2D eigenvalue weighted by atomic mass is 79.9. The van der Waals surface area contributed by atoms with Crippen molar-refractivity contribution < 1.29 is 9.13 Å². The average Bonchev–Trinajstić information content (AvgIpc) is 2.79. The minimum Gasteiger partial charge on any atom is -0.471 e. The maximum Gasteiger partial charge on any atom is 0.290 e. The van der Waals surface area contributed by atoms with E-state index < -0.39 is 6.08 Å². The van der Waals surface area contributed by atoms with Crippen molar-refractivity contribution in [2.75, 3.05) is 0 Å². The predicted molar refractivity (Wildman–Crippen MR) is 71.4 cm³/mol. The minimum atomic E-state index is -0.704. The van der Waals surface area contributed by atoms with Gasteiger partial charge in [-0.3, -0.25) is 0 Å². The van der Waals surface area contributed by atoms with E-state index in [0.29, 0.717) is 22.5 Å². The Hall–Kier alpha value is -1.95. The van der Waals surface area contributed by atoms with Crippen molar-refractivity contribution in [2.24, 2.45) is 0 Å². The van der Waals surface area contributed by atoms with Crippen molar-refractivity contribution in [1.29, 1.82) is 0 Å². The van der Waals surface area contributed by atoms with Crippen LogP contribution in [0.3, 0.4) is 0 Å². The standard InChI is InChI=1S/C13H9BrFN3O/c14-9-6-16-11-10(9)17-13(15)18-12(11)19-7-8-4-2-1-3-5-8/h1-6H,7H2,(H,17,18). The molecule has 0 spiro atoms. The zero-order valence-electron chi connectivity index (χ0n) is 9.73. The van der Waals surface area contributed by atoms with Crippen molar-refractivity contribution in [1.82, 2.24) is 15.0 Å². The zero-order chi connectivity index (χ0) is 13.2. The van der Waals surface area contributed by atoms with Gasteiger partial charge in [0.25, 0.3) is 6.08 Å². The first-order valence-corrected chi connectivity index (χ1v) is 6.40. The Bertz CT molecular complexity index is 671. The lowest BCUT2D eigenvalue weighted by Crippen LogP contribution is -2.03. The quantitative estimate of drug-likeness (QED) is 0.752. The van der Waals surface area contributed by atoms with Gasteiger partial charge in [0.05, 0.1) is 10.2 Å². The summed E-state index contributed by atoms with van der Waals surface area (Å²) >= 11 is 3.29. The van der Waals surface area contributed by atoms with Gasteiger partial charge in [-0.15, -0.1) is 0 Å². The number of nitrogens with one attached hydrogen (secondary N) is 1. The summed E-state index contributed by atoms with van der Waals surface area (Å²) in [6.45, 7) is 0.316. The van der Waals surface area contributed by atoms with Crippen molar-refractivity contribution in [3.63, 3.8) is 0 Å². The first kappa shape index (κ1) is 12.1. The van der Waals surface area contributed by atoms with Gasteiger partial charge in [0.2, 0.25) is 5.88 Å². The van der Waals surface area contributed by atoms with Gasteiger partial charge >= 0.3 is 0 Å². The molecule has 2 heterocycles. The van der Waals surface area contributed by atoms with Crippen molar-refractivity contribution in [3.05, 3.63) is 52.6 Å². The van der Waals surface area contributed by atoms with Gasteiger partial charge in [-0.25, -0.2) is 4.98 Å². The predicted octanol–water partition coefficient (Wildman–Crippen LogP) is 3.39. The molecule has 0 unspecified atom stereocenters. The number of H-pyrrole nitrogens is 1. The molecule has 0 fully saturated rings. The van der Waals surface area contributed by atoms with Crippen molar-refractivity contribution >= 4 is 15.9 Å². The Balaban J connectivity index is 1.88. The summed E-state index contributed by atoms with van der Waals surface area (Å²) in [5.41, 5.74) is 2.02. The van der Waals surface area contributed by atoms with E-state index in [9.17, 15) is 4.39 Å². The highest BCUT2D eigenvalue weighted by Crippen LogP contribution is 2.33. The van der Waals surface area contributed by atoms with Gasteiger partial charge in [-0.2, -0.15) is 9.37 Å². The van der Waals surface area contributed by atoms with Crippen LogP contribution in [0.25, 0.3) is 11.4 Å². The van der Waals surface area contributed by atoms with Crippen LogP contribution in [0.5, 0.6) is 5.88 Å². The fraction of sp³-hybridized carbons (Fsp3) is 0.0769. The molecule has 0 radical (unpaired) electrons. The maximum atomic E-state index is 13.4. The Labute approximate surface area is 117 Å². The Morgan fingerprint density at radius 2 is 2.05 bits per heavy atom. The summed E-state index contributed by atoms with van der Waals surface area (Å²) in [5.74, 6) is 0.181. The summed E-state index contributed by atoms with van der Waals surface area (Å²) in [5, 5.41) is 0. The van der Waals surface area contributed by atoms with Crippen molar-refractivity contribution in [2.45, 2.75) is 6.61 Å². The van der Waals surface area contributed by atoms with E-state index in [-0.39, 0.29) is 5.88 Å². The highest BCUT2D eigenvalue weighted by molar-refractivity contribution is 9.10. The molecule has 0 atom stereocenters. The summed E-state index contributed by atoms with van der Waals surface area (Å²) in [6, 6.07) is 9.61. The van der Waals surface area contributed by atoms with E-state index in [1.54, 1.807) is 6.20 Å². The zero-order valence-corrected chi connectivity index (χ0v) is 11.3. The average molecular weight is 322 g/mol. The lowest BCUT2D eigenvalue weighted by molar-refractivity contribution is 0.287. The van der Waals surface area contributed by atoms with Gasteiger partial charge in [0, 0.05) is 6.20 Å². The maximum absolute atomic E-state index is 13.4. The lowest BCUT2D eigenvalue weighted by Gasteiger charge is -2.09. The SMILES string of the molecule is Fc1nc(OCc2ccccc2)c2ncc(Br)c-2[nH]1. The topological polar surface area (TPSA) is 50.8 Å². The molecule has 2 aliphatic rings. The molecule has 2 aliphatic heterocycles. The number of aromatic amines is 1. The fourth-order valence-electron chi connectivity index (χ4n) is 1.74. The van der Waals surface area contributed by atoms with Gasteiger partial charge in [-0.1, -0.05) is 30.3 Å². The van der Waals surface area contributed by atoms with E-state index in [2.05, 4.69) is 30.9 Å². The fourth-order valence-corrected chi connectivity index (χ4v) is 2.13.